The Morgan fingerprint density at radius 1 is 1.15 bits per heavy atom. The Bertz CT molecular complexity index is 741. The second kappa shape index (κ2) is 12.0. The molecule has 2 aromatic rings. The molecule has 0 saturated heterocycles. The maximum atomic E-state index is 12.5. The summed E-state index contributed by atoms with van der Waals surface area (Å²) in [5.74, 6) is 0.979. The predicted molar refractivity (Wildman–Crippen MR) is 116 cm³/mol. The van der Waals surface area contributed by atoms with Crippen LogP contribution in [0.25, 0.3) is 0 Å². The molecule has 0 atom stereocenters. The number of aliphatic imine (C=N–C) groups is 1. The number of aryl methyl sites for hydroxylation is 1. The van der Waals surface area contributed by atoms with Crippen LogP contribution in [0.15, 0.2) is 35.3 Å². The molecule has 0 bridgehead atoms. The van der Waals surface area contributed by atoms with Crippen LogP contribution in [-0.4, -0.2) is 26.2 Å². The highest BCUT2D eigenvalue weighted by atomic mass is 127. The molecule has 9 heteroatoms. The first-order valence-electron chi connectivity index (χ1n) is 8.22. The zero-order chi connectivity index (χ0) is 18.9. The number of nitrogens with zero attached hydrogens (tertiary/aromatic N) is 1. The largest absolute Gasteiger partial charge is 0.490 e. The van der Waals surface area contributed by atoms with E-state index in [1.165, 1.54) is 15.8 Å². The number of thiophene rings is 1. The van der Waals surface area contributed by atoms with Crippen molar-refractivity contribution in [2.45, 2.75) is 33.5 Å². The van der Waals surface area contributed by atoms with Gasteiger partial charge in [0.25, 0.3) is 0 Å². The van der Waals surface area contributed by atoms with Crippen LogP contribution in [0.2, 0.25) is 0 Å². The van der Waals surface area contributed by atoms with Crippen LogP contribution < -0.4 is 20.1 Å². The molecule has 0 aliphatic rings. The zero-order valence-electron chi connectivity index (χ0n) is 15.4. The maximum Gasteiger partial charge on any atom is 0.387 e. The van der Waals surface area contributed by atoms with E-state index in [-0.39, 0.29) is 29.7 Å². The fourth-order valence-electron chi connectivity index (χ4n) is 2.28. The van der Waals surface area contributed by atoms with Gasteiger partial charge < -0.3 is 20.1 Å². The highest BCUT2D eigenvalue weighted by molar-refractivity contribution is 14.0. The molecule has 0 amide bonds. The van der Waals surface area contributed by atoms with E-state index in [2.05, 4.69) is 39.4 Å². The Morgan fingerprint density at radius 2 is 1.89 bits per heavy atom. The summed E-state index contributed by atoms with van der Waals surface area (Å²) < 4.78 is 34.8. The molecule has 0 radical (unpaired) electrons. The number of rotatable bonds is 8. The van der Waals surface area contributed by atoms with Gasteiger partial charge in [0, 0.05) is 23.3 Å². The number of ether oxygens (including phenoxy) is 2. The Morgan fingerprint density at radius 3 is 2.48 bits per heavy atom. The minimum Gasteiger partial charge on any atom is -0.490 e. The van der Waals surface area contributed by atoms with E-state index in [1.54, 1.807) is 37.4 Å². The number of halogens is 3. The van der Waals surface area contributed by atoms with Gasteiger partial charge in [-0.1, -0.05) is 6.07 Å². The fraction of sp³-hybridized carbons (Fsp3) is 0.389. The van der Waals surface area contributed by atoms with Gasteiger partial charge in [-0.2, -0.15) is 8.78 Å². The normalized spacial score (nSPS) is 11.1. The van der Waals surface area contributed by atoms with E-state index in [0.717, 1.165) is 5.56 Å². The summed E-state index contributed by atoms with van der Waals surface area (Å²) in [6.07, 6.45) is 0. The average Bonchev–Trinajstić information content (AvgIpc) is 3.02. The van der Waals surface area contributed by atoms with Gasteiger partial charge in [0.05, 0.1) is 13.2 Å². The van der Waals surface area contributed by atoms with Crippen molar-refractivity contribution < 1.29 is 18.3 Å². The molecule has 0 aliphatic carbocycles. The molecule has 1 aromatic carbocycles. The second-order valence-electron chi connectivity index (χ2n) is 5.38. The van der Waals surface area contributed by atoms with Crippen LogP contribution in [0, 0.1) is 6.92 Å². The first kappa shape index (κ1) is 23.4. The van der Waals surface area contributed by atoms with Gasteiger partial charge in [0.2, 0.25) is 0 Å². The molecule has 150 valence electrons. The molecule has 1 aromatic heterocycles. The summed E-state index contributed by atoms with van der Waals surface area (Å²) in [4.78, 5) is 6.67. The number of hydrogen-bond donors (Lipinski definition) is 2. The molecule has 1 heterocycles. The van der Waals surface area contributed by atoms with Crippen molar-refractivity contribution in [3.8, 4) is 11.5 Å². The molecule has 0 saturated carbocycles. The van der Waals surface area contributed by atoms with Gasteiger partial charge in [-0.25, -0.2) is 0 Å². The molecule has 0 aliphatic heterocycles. The van der Waals surface area contributed by atoms with Crippen molar-refractivity contribution in [2.24, 2.45) is 4.99 Å². The molecule has 27 heavy (non-hydrogen) atoms. The molecule has 0 unspecified atom stereocenters. The minimum absolute atomic E-state index is 0. The van der Waals surface area contributed by atoms with E-state index >= 15 is 0 Å². The maximum absolute atomic E-state index is 12.5. The van der Waals surface area contributed by atoms with Crippen molar-refractivity contribution in [2.75, 3.05) is 13.7 Å². The lowest BCUT2D eigenvalue weighted by molar-refractivity contribution is -0.0514. The number of hydrogen-bond acceptors (Lipinski definition) is 4. The van der Waals surface area contributed by atoms with Crippen molar-refractivity contribution in [3.05, 3.63) is 45.6 Å². The summed E-state index contributed by atoms with van der Waals surface area (Å²) in [6.45, 7) is 2.48. The quantitative estimate of drug-likeness (QED) is 0.311. The summed E-state index contributed by atoms with van der Waals surface area (Å²) >= 11 is 1.73. The SMILES string of the molecule is CCOc1cc(CNC(=NC)NCc2ccc(C)s2)ccc1OC(F)F.I. The monoisotopic (exact) mass is 511 g/mol. The molecule has 0 fully saturated rings. The van der Waals surface area contributed by atoms with Crippen LogP contribution in [0.4, 0.5) is 8.78 Å². The minimum atomic E-state index is -2.89. The Labute approximate surface area is 179 Å². The topological polar surface area (TPSA) is 54.9 Å². The average molecular weight is 511 g/mol. The zero-order valence-corrected chi connectivity index (χ0v) is 18.6. The third-order valence-electron chi connectivity index (χ3n) is 3.43. The van der Waals surface area contributed by atoms with Gasteiger partial charge in [0.1, 0.15) is 0 Å². The lowest BCUT2D eigenvalue weighted by Gasteiger charge is -2.14. The van der Waals surface area contributed by atoms with E-state index in [4.69, 9.17) is 4.74 Å². The van der Waals surface area contributed by atoms with E-state index in [1.807, 2.05) is 0 Å². The Balaban J connectivity index is 0.00000364. The van der Waals surface area contributed by atoms with Gasteiger partial charge >= 0.3 is 6.61 Å². The first-order chi connectivity index (χ1) is 12.5. The van der Waals surface area contributed by atoms with Crippen molar-refractivity contribution in [1.82, 2.24) is 10.6 Å². The Kier molecular flexibility index (Phi) is 10.4. The van der Waals surface area contributed by atoms with Crippen LogP contribution in [-0.2, 0) is 13.1 Å². The molecule has 2 rings (SSSR count). The van der Waals surface area contributed by atoms with E-state index in [0.29, 0.717) is 31.4 Å². The van der Waals surface area contributed by atoms with Gasteiger partial charge in [-0.15, -0.1) is 35.3 Å². The second-order valence-corrected chi connectivity index (χ2v) is 6.76. The van der Waals surface area contributed by atoms with E-state index in [9.17, 15) is 8.78 Å². The van der Waals surface area contributed by atoms with Gasteiger partial charge in [-0.05, 0) is 43.7 Å². The van der Waals surface area contributed by atoms with Crippen molar-refractivity contribution >= 4 is 41.3 Å². The third-order valence-corrected chi connectivity index (χ3v) is 4.43. The number of nitrogens with one attached hydrogen (secondary N) is 2. The highest BCUT2D eigenvalue weighted by Crippen LogP contribution is 2.29. The van der Waals surface area contributed by atoms with Crippen LogP contribution >= 0.6 is 35.3 Å². The summed E-state index contributed by atoms with van der Waals surface area (Å²) in [6, 6.07) is 9.04. The molecular weight excluding hydrogens is 487 g/mol. The molecule has 2 N–H and O–H groups in total. The van der Waals surface area contributed by atoms with Crippen molar-refractivity contribution in [1.29, 1.82) is 0 Å². The van der Waals surface area contributed by atoms with Gasteiger partial charge in [-0.3, -0.25) is 4.99 Å². The van der Waals surface area contributed by atoms with Crippen molar-refractivity contribution in [3.63, 3.8) is 0 Å². The first-order valence-corrected chi connectivity index (χ1v) is 9.03. The smallest absolute Gasteiger partial charge is 0.387 e. The van der Waals surface area contributed by atoms with Crippen LogP contribution in [0.5, 0.6) is 11.5 Å². The fourth-order valence-corrected chi connectivity index (χ4v) is 3.11. The molecule has 5 nitrogen and oxygen atoms in total. The predicted octanol–water partition coefficient (Wildman–Crippen LogP) is 4.54. The lowest BCUT2D eigenvalue weighted by Crippen LogP contribution is -2.36. The summed E-state index contributed by atoms with van der Waals surface area (Å²) in [5.41, 5.74) is 0.866. The molecular formula is C18H24F2IN3O2S. The van der Waals surface area contributed by atoms with Crippen LogP contribution in [0.1, 0.15) is 22.2 Å². The number of alkyl halides is 2. The summed E-state index contributed by atoms with van der Waals surface area (Å²) in [7, 11) is 1.69. The standard InChI is InChI=1S/C18H23F2N3O2S.HI/c1-4-24-16-9-13(6-8-15(16)25-17(19)20)10-22-18(21-3)23-11-14-7-5-12(2)26-14;/h5-9,17H,4,10-11H2,1-3H3,(H2,21,22,23);1H. The lowest BCUT2D eigenvalue weighted by atomic mass is 10.2. The van der Waals surface area contributed by atoms with Crippen LogP contribution in [0.3, 0.4) is 0 Å². The van der Waals surface area contributed by atoms with E-state index < -0.39 is 6.61 Å². The molecule has 0 spiro atoms. The van der Waals surface area contributed by atoms with Gasteiger partial charge in [0.15, 0.2) is 17.5 Å². The number of benzene rings is 1. The highest BCUT2D eigenvalue weighted by Gasteiger charge is 2.12. The summed E-state index contributed by atoms with van der Waals surface area (Å²) in [5, 5.41) is 6.43. The number of guanidine groups is 1. The Hall–Kier alpha value is -1.62. The third kappa shape index (κ3) is 7.87.